The van der Waals surface area contributed by atoms with Crippen LogP contribution in [0, 0.1) is 0 Å². The maximum Gasteiger partial charge on any atom is 0.236 e. The fourth-order valence-electron chi connectivity index (χ4n) is 2.43. The summed E-state index contributed by atoms with van der Waals surface area (Å²) in [5.41, 5.74) is 1.99. The van der Waals surface area contributed by atoms with Crippen molar-refractivity contribution < 1.29 is 9.13 Å². The number of para-hydroxylation sites is 2. The van der Waals surface area contributed by atoms with E-state index in [1.807, 2.05) is 48.0 Å². The molecule has 0 saturated heterocycles. The van der Waals surface area contributed by atoms with Crippen LogP contribution in [-0.2, 0) is 4.74 Å². The Bertz CT molecular complexity index is 758. The Hall–Kier alpha value is -2.21. The molecule has 0 N–H and O–H groups in total. The molecule has 2 aromatic heterocycles. The number of ether oxygens (including phenoxy) is 1. The molecule has 3 rings (SSSR count). The lowest BCUT2D eigenvalue weighted by atomic mass is 10.3. The highest BCUT2D eigenvalue weighted by Gasteiger charge is 2.08. The number of anilines is 1. The number of rotatable bonds is 7. The average Bonchev–Trinajstić information content (AvgIpc) is 2.92. The summed E-state index contributed by atoms with van der Waals surface area (Å²) in [4.78, 5) is 11.2. The van der Waals surface area contributed by atoms with Crippen LogP contribution in [0.25, 0.3) is 16.8 Å². The number of aromatic nitrogens is 3. The Morgan fingerprint density at radius 1 is 1.18 bits per heavy atom. The van der Waals surface area contributed by atoms with E-state index in [1.165, 1.54) is 0 Å². The first-order valence-electron chi connectivity index (χ1n) is 7.38. The van der Waals surface area contributed by atoms with Crippen LogP contribution in [0.4, 0.5) is 10.2 Å². The van der Waals surface area contributed by atoms with E-state index in [9.17, 15) is 4.39 Å². The molecule has 6 heteroatoms. The summed E-state index contributed by atoms with van der Waals surface area (Å²) in [6.07, 6.45) is 2.82. The van der Waals surface area contributed by atoms with Gasteiger partial charge in [0.05, 0.1) is 17.6 Å². The molecule has 0 aliphatic heterocycles. The molecule has 1 aromatic carbocycles. The summed E-state index contributed by atoms with van der Waals surface area (Å²) in [5.74, 6) is 1.56. The van der Waals surface area contributed by atoms with Crippen molar-refractivity contribution in [2.75, 3.05) is 38.4 Å². The van der Waals surface area contributed by atoms with Crippen molar-refractivity contribution in [1.82, 2.24) is 14.4 Å². The van der Waals surface area contributed by atoms with Crippen LogP contribution in [0.2, 0.25) is 0 Å². The molecule has 0 atom stereocenters. The van der Waals surface area contributed by atoms with Crippen LogP contribution >= 0.6 is 0 Å². The second kappa shape index (κ2) is 6.70. The zero-order valence-corrected chi connectivity index (χ0v) is 12.6. The fraction of sp³-hybridized carbons (Fsp3) is 0.375. The Morgan fingerprint density at radius 2 is 2.05 bits per heavy atom. The van der Waals surface area contributed by atoms with Crippen LogP contribution in [0.15, 0.2) is 36.5 Å². The molecule has 0 bridgehead atoms. The zero-order chi connectivity index (χ0) is 15.4. The number of hydrogen-bond donors (Lipinski definition) is 0. The highest BCUT2D eigenvalue weighted by molar-refractivity contribution is 5.79. The van der Waals surface area contributed by atoms with Crippen molar-refractivity contribution in [1.29, 1.82) is 0 Å². The highest BCUT2D eigenvalue weighted by Crippen LogP contribution is 2.17. The van der Waals surface area contributed by atoms with Gasteiger partial charge in [-0.3, -0.25) is 4.40 Å². The predicted octanol–water partition coefficient (Wildman–Crippen LogP) is 2.69. The van der Waals surface area contributed by atoms with Gasteiger partial charge >= 0.3 is 0 Å². The van der Waals surface area contributed by atoms with E-state index in [0.29, 0.717) is 12.4 Å². The molecule has 2 heterocycles. The van der Waals surface area contributed by atoms with Gasteiger partial charge in [0.15, 0.2) is 0 Å². The molecule has 0 spiro atoms. The molecule has 0 saturated carbocycles. The minimum Gasteiger partial charge on any atom is -0.379 e. The quantitative estimate of drug-likeness (QED) is 0.629. The average molecular weight is 302 g/mol. The third kappa shape index (κ3) is 3.01. The number of hydrogen-bond acceptors (Lipinski definition) is 4. The van der Waals surface area contributed by atoms with Gasteiger partial charge in [0.2, 0.25) is 5.78 Å². The van der Waals surface area contributed by atoms with Gasteiger partial charge in [-0.05, 0) is 24.6 Å². The minimum atomic E-state index is -0.429. The van der Waals surface area contributed by atoms with Gasteiger partial charge in [0.1, 0.15) is 12.5 Å². The molecule has 0 aliphatic rings. The number of nitrogens with zero attached hydrogens (tertiary/aromatic N) is 4. The SMILES string of the molecule is CN(CCCOCCF)c1ccn2c(n1)nc1ccccc12. The molecule has 0 radical (unpaired) electrons. The highest BCUT2D eigenvalue weighted by atomic mass is 19.1. The van der Waals surface area contributed by atoms with Gasteiger partial charge in [-0.1, -0.05) is 12.1 Å². The van der Waals surface area contributed by atoms with E-state index in [0.717, 1.165) is 29.8 Å². The van der Waals surface area contributed by atoms with E-state index >= 15 is 0 Å². The number of halogens is 1. The lowest BCUT2D eigenvalue weighted by molar-refractivity contribution is 0.118. The first-order valence-corrected chi connectivity index (χ1v) is 7.38. The van der Waals surface area contributed by atoms with E-state index < -0.39 is 6.67 Å². The van der Waals surface area contributed by atoms with E-state index in [2.05, 4.69) is 14.9 Å². The molecular weight excluding hydrogens is 283 g/mol. The second-order valence-corrected chi connectivity index (χ2v) is 5.13. The van der Waals surface area contributed by atoms with Crippen molar-refractivity contribution in [3.05, 3.63) is 36.5 Å². The van der Waals surface area contributed by atoms with Crippen LogP contribution in [0.1, 0.15) is 6.42 Å². The predicted molar refractivity (Wildman–Crippen MR) is 85.2 cm³/mol. The summed E-state index contributed by atoms with van der Waals surface area (Å²) < 4.78 is 19.0. The summed E-state index contributed by atoms with van der Waals surface area (Å²) in [6.45, 7) is 1.11. The monoisotopic (exact) mass is 302 g/mol. The summed E-state index contributed by atoms with van der Waals surface area (Å²) in [6, 6.07) is 9.95. The Kier molecular flexibility index (Phi) is 4.48. The van der Waals surface area contributed by atoms with Crippen molar-refractivity contribution in [3.8, 4) is 0 Å². The molecule has 5 nitrogen and oxygen atoms in total. The minimum absolute atomic E-state index is 0.175. The largest absolute Gasteiger partial charge is 0.379 e. The van der Waals surface area contributed by atoms with Gasteiger partial charge < -0.3 is 9.64 Å². The standard InChI is InChI=1S/C16H19FN4O/c1-20(9-4-11-22-12-8-17)15-7-10-21-14-6-3-2-5-13(14)18-16(21)19-15/h2-3,5-7,10H,4,8-9,11-12H2,1H3. The Labute approximate surface area is 128 Å². The zero-order valence-electron chi connectivity index (χ0n) is 12.6. The van der Waals surface area contributed by atoms with Crippen LogP contribution < -0.4 is 4.90 Å². The number of benzene rings is 1. The van der Waals surface area contributed by atoms with Gasteiger partial charge in [-0.25, -0.2) is 9.37 Å². The molecule has 0 amide bonds. The normalized spacial score (nSPS) is 11.4. The van der Waals surface area contributed by atoms with Crippen molar-refractivity contribution >= 4 is 22.6 Å². The second-order valence-electron chi connectivity index (χ2n) is 5.13. The number of fused-ring (bicyclic) bond motifs is 3. The van der Waals surface area contributed by atoms with E-state index in [4.69, 9.17) is 4.74 Å². The molecule has 116 valence electrons. The van der Waals surface area contributed by atoms with Crippen molar-refractivity contribution in [3.63, 3.8) is 0 Å². The third-order valence-corrected chi connectivity index (χ3v) is 3.56. The van der Waals surface area contributed by atoms with Gasteiger partial charge in [0, 0.05) is 26.4 Å². The lowest BCUT2D eigenvalue weighted by Gasteiger charge is -2.17. The first-order chi connectivity index (χ1) is 10.8. The van der Waals surface area contributed by atoms with Crippen molar-refractivity contribution in [2.45, 2.75) is 6.42 Å². The fourth-order valence-corrected chi connectivity index (χ4v) is 2.43. The number of alkyl halides is 1. The van der Waals surface area contributed by atoms with Crippen LogP contribution in [-0.4, -0.2) is 47.8 Å². The lowest BCUT2D eigenvalue weighted by Crippen LogP contribution is -2.21. The number of imidazole rings is 1. The van der Waals surface area contributed by atoms with Gasteiger partial charge in [-0.15, -0.1) is 0 Å². The van der Waals surface area contributed by atoms with Gasteiger partial charge in [0.25, 0.3) is 0 Å². The molecule has 0 aliphatic carbocycles. The van der Waals surface area contributed by atoms with E-state index in [1.54, 1.807) is 0 Å². The molecule has 0 unspecified atom stereocenters. The topological polar surface area (TPSA) is 42.7 Å². The molecule has 22 heavy (non-hydrogen) atoms. The van der Waals surface area contributed by atoms with E-state index in [-0.39, 0.29) is 6.61 Å². The van der Waals surface area contributed by atoms with Gasteiger partial charge in [-0.2, -0.15) is 4.98 Å². The maximum atomic E-state index is 11.9. The summed E-state index contributed by atoms with van der Waals surface area (Å²) >= 11 is 0. The smallest absolute Gasteiger partial charge is 0.236 e. The molecule has 3 aromatic rings. The Morgan fingerprint density at radius 3 is 2.91 bits per heavy atom. The van der Waals surface area contributed by atoms with Crippen LogP contribution in [0.5, 0.6) is 0 Å². The van der Waals surface area contributed by atoms with Crippen molar-refractivity contribution in [2.24, 2.45) is 0 Å². The summed E-state index contributed by atoms with van der Waals surface area (Å²) in [5, 5.41) is 0. The molecule has 0 fully saturated rings. The first kappa shape index (κ1) is 14.7. The maximum absolute atomic E-state index is 11.9. The third-order valence-electron chi connectivity index (χ3n) is 3.56. The van der Waals surface area contributed by atoms with Crippen LogP contribution in [0.3, 0.4) is 0 Å². The summed E-state index contributed by atoms with van der Waals surface area (Å²) in [7, 11) is 1.98. The molecular formula is C16H19FN4O. The Balaban J connectivity index is 1.72.